The van der Waals surface area contributed by atoms with Gasteiger partial charge in [0.25, 0.3) is 0 Å². The monoisotopic (exact) mass is 496 g/mol. The van der Waals surface area contributed by atoms with Crippen LogP contribution in [0.15, 0.2) is 66.7 Å². The van der Waals surface area contributed by atoms with Gasteiger partial charge < -0.3 is 39.0 Å². The van der Waals surface area contributed by atoms with Crippen LogP contribution in [0.3, 0.4) is 0 Å². The molecule has 0 aliphatic carbocycles. The number of ether oxygens (including phenoxy) is 5. The van der Waals surface area contributed by atoms with Crippen molar-refractivity contribution in [3.63, 3.8) is 0 Å². The van der Waals surface area contributed by atoms with Crippen LogP contribution in [0.4, 0.5) is 0 Å². The predicted octanol–water partition coefficient (Wildman–Crippen LogP) is 3.86. The maximum absolute atomic E-state index is 12.4. The van der Waals surface area contributed by atoms with Crippen LogP contribution in [0, 0.1) is 0 Å². The molecule has 3 aromatic carbocycles. The Morgan fingerprint density at radius 3 is 2.03 bits per heavy atom. The number of aliphatic hydroxyl groups excluding tert-OH is 1. The Balaban J connectivity index is 1.84. The van der Waals surface area contributed by atoms with Crippen LogP contribution in [-0.2, 0) is 9.53 Å². The highest BCUT2D eigenvalue weighted by molar-refractivity contribution is 5.87. The number of benzene rings is 3. The van der Waals surface area contributed by atoms with E-state index in [2.05, 4.69) is 0 Å². The van der Waals surface area contributed by atoms with Crippen LogP contribution < -0.4 is 18.9 Å². The number of para-hydroxylation sites is 2. The number of esters is 1. The first-order chi connectivity index (χ1) is 17.4. The molecule has 0 bridgehead atoms. The highest BCUT2D eigenvalue weighted by Crippen LogP contribution is 2.40. The Morgan fingerprint density at radius 2 is 1.44 bits per heavy atom. The smallest absolute Gasteiger partial charge is 0.330 e. The van der Waals surface area contributed by atoms with Crippen molar-refractivity contribution in [1.29, 1.82) is 0 Å². The highest BCUT2D eigenvalue weighted by Gasteiger charge is 2.28. The molecule has 0 aliphatic heterocycles. The molecule has 0 spiro atoms. The zero-order valence-electron chi connectivity index (χ0n) is 20.1. The first-order valence-electron chi connectivity index (χ1n) is 10.9. The zero-order chi connectivity index (χ0) is 26.1. The van der Waals surface area contributed by atoms with Gasteiger partial charge in [-0.3, -0.25) is 0 Å². The van der Waals surface area contributed by atoms with E-state index in [4.69, 9.17) is 23.7 Å². The minimum Gasteiger partial charge on any atom is -0.508 e. The highest BCUT2D eigenvalue weighted by atomic mass is 16.6. The van der Waals surface area contributed by atoms with Crippen LogP contribution in [0.1, 0.15) is 17.2 Å². The number of carbonyl (C=O) groups excluding carboxylic acids is 1. The van der Waals surface area contributed by atoms with Crippen molar-refractivity contribution in [3.05, 3.63) is 77.9 Å². The quantitative estimate of drug-likeness (QED) is 0.268. The summed E-state index contributed by atoms with van der Waals surface area (Å²) in [5.41, 5.74) is 0.993. The molecule has 0 fully saturated rings. The molecule has 9 nitrogen and oxygen atoms in total. The van der Waals surface area contributed by atoms with Crippen molar-refractivity contribution in [2.75, 3.05) is 27.9 Å². The molecular weight excluding hydrogens is 468 g/mol. The molecule has 3 rings (SSSR count). The van der Waals surface area contributed by atoms with Gasteiger partial charge in [0.2, 0.25) is 5.75 Å². The number of aromatic hydroxyl groups is 2. The molecule has 0 aromatic heterocycles. The van der Waals surface area contributed by atoms with Gasteiger partial charge in [0.1, 0.15) is 18.5 Å². The Hall–Kier alpha value is -4.37. The molecule has 0 aliphatic rings. The molecule has 3 N–H and O–H groups in total. The fourth-order valence-electron chi connectivity index (χ4n) is 3.33. The lowest BCUT2D eigenvalue weighted by Crippen LogP contribution is -2.31. The normalized spacial score (nSPS) is 12.6. The average Bonchev–Trinajstić information content (AvgIpc) is 2.90. The van der Waals surface area contributed by atoms with E-state index in [0.717, 1.165) is 0 Å². The standard InChI is InChI=1S/C27H28O9/c1-32-20-6-4-5-7-21(20)36-24(16-35-25(29)13-10-17-8-11-19(28)12-9-17)26(30)18-14-22(33-2)27(31)23(15-18)34-3/h4-15,24,26,28,30-31H,16H2,1-3H3/b13-10+. The number of methoxy groups -OCH3 is 3. The summed E-state index contributed by atoms with van der Waals surface area (Å²) in [6.45, 7) is -0.316. The Kier molecular flexibility index (Phi) is 9.01. The molecule has 0 saturated carbocycles. The van der Waals surface area contributed by atoms with Crippen molar-refractivity contribution in [2.45, 2.75) is 12.2 Å². The Morgan fingerprint density at radius 1 is 0.861 bits per heavy atom. The van der Waals surface area contributed by atoms with E-state index in [0.29, 0.717) is 22.6 Å². The molecule has 2 unspecified atom stereocenters. The van der Waals surface area contributed by atoms with E-state index < -0.39 is 18.2 Å². The molecular formula is C27H28O9. The largest absolute Gasteiger partial charge is 0.508 e. The minimum absolute atomic E-state index is 0.0910. The first kappa shape index (κ1) is 26.2. The minimum atomic E-state index is -1.31. The lowest BCUT2D eigenvalue weighted by molar-refractivity contribution is -0.142. The number of hydrogen-bond acceptors (Lipinski definition) is 9. The number of hydrogen-bond donors (Lipinski definition) is 3. The Labute approximate surface area is 208 Å². The number of carbonyl (C=O) groups is 1. The van der Waals surface area contributed by atoms with Gasteiger partial charge in [-0.2, -0.15) is 0 Å². The van der Waals surface area contributed by atoms with E-state index in [1.165, 1.54) is 57.7 Å². The van der Waals surface area contributed by atoms with Crippen LogP contribution in [0.2, 0.25) is 0 Å². The molecule has 0 saturated heterocycles. The predicted molar refractivity (Wildman–Crippen MR) is 132 cm³/mol. The van der Waals surface area contributed by atoms with E-state index in [1.807, 2.05) is 0 Å². The lowest BCUT2D eigenvalue weighted by Gasteiger charge is -2.25. The fraction of sp³-hybridized carbons (Fsp3) is 0.222. The van der Waals surface area contributed by atoms with Gasteiger partial charge in [0.15, 0.2) is 29.1 Å². The molecule has 36 heavy (non-hydrogen) atoms. The third kappa shape index (κ3) is 6.61. The van der Waals surface area contributed by atoms with Crippen LogP contribution >= 0.6 is 0 Å². The lowest BCUT2D eigenvalue weighted by atomic mass is 10.0. The third-order valence-corrected chi connectivity index (χ3v) is 5.24. The van der Waals surface area contributed by atoms with Gasteiger partial charge >= 0.3 is 5.97 Å². The van der Waals surface area contributed by atoms with Gasteiger partial charge in [-0.15, -0.1) is 0 Å². The van der Waals surface area contributed by atoms with Crippen molar-refractivity contribution in [1.82, 2.24) is 0 Å². The number of rotatable bonds is 11. The van der Waals surface area contributed by atoms with Gasteiger partial charge in [0.05, 0.1) is 21.3 Å². The third-order valence-electron chi connectivity index (χ3n) is 5.24. The number of phenolic OH excluding ortho intramolecular Hbond substituents is 2. The summed E-state index contributed by atoms with van der Waals surface area (Å²) in [4.78, 5) is 12.4. The zero-order valence-corrected chi connectivity index (χ0v) is 20.1. The number of aliphatic hydroxyl groups is 1. The molecule has 190 valence electrons. The average molecular weight is 497 g/mol. The van der Waals surface area contributed by atoms with Crippen LogP contribution in [-0.4, -0.2) is 55.3 Å². The summed E-state index contributed by atoms with van der Waals surface area (Å²) in [5, 5.41) is 30.8. The first-order valence-corrected chi connectivity index (χ1v) is 10.9. The summed E-state index contributed by atoms with van der Waals surface area (Å²) in [7, 11) is 4.23. The molecule has 2 atom stereocenters. The van der Waals surface area contributed by atoms with Gasteiger partial charge in [-0.05, 0) is 53.6 Å². The summed E-state index contributed by atoms with van der Waals surface area (Å²) in [6.07, 6.45) is 0.383. The van der Waals surface area contributed by atoms with Gasteiger partial charge in [0, 0.05) is 6.08 Å². The fourth-order valence-corrected chi connectivity index (χ4v) is 3.33. The van der Waals surface area contributed by atoms with Crippen molar-refractivity contribution >= 4 is 12.0 Å². The molecule has 0 radical (unpaired) electrons. The van der Waals surface area contributed by atoms with Gasteiger partial charge in [-0.25, -0.2) is 4.79 Å². The van der Waals surface area contributed by atoms with Crippen molar-refractivity contribution < 1.29 is 43.8 Å². The van der Waals surface area contributed by atoms with Crippen LogP contribution in [0.25, 0.3) is 6.08 Å². The second-order valence-corrected chi connectivity index (χ2v) is 7.58. The van der Waals surface area contributed by atoms with E-state index in [9.17, 15) is 20.1 Å². The summed E-state index contributed by atoms with van der Waals surface area (Å²) < 4.78 is 27.1. The SMILES string of the molecule is COc1ccccc1OC(COC(=O)/C=C/c1ccc(O)cc1)C(O)c1cc(OC)c(O)c(OC)c1. The second kappa shape index (κ2) is 12.4. The second-order valence-electron chi connectivity index (χ2n) is 7.58. The Bertz CT molecular complexity index is 1160. The number of phenols is 2. The van der Waals surface area contributed by atoms with Gasteiger partial charge in [-0.1, -0.05) is 24.3 Å². The topological polar surface area (TPSA) is 124 Å². The van der Waals surface area contributed by atoms with Crippen molar-refractivity contribution in [2.24, 2.45) is 0 Å². The van der Waals surface area contributed by atoms with E-state index in [-0.39, 0.29) is 29.6 Å². The summed E-state index contributed by atoms with van der Waals surface area (Å²) >= 11 is 0. The van der Waals surface area contributed by atoms with E-state index >= 15 is 0 Å². The van der Waals surface area contributed by atoms with E-state index in [1.54, 1.807) is 36.4 Å². The summed E-state index contributed by atoms with van der Waals surface area (Å²) in [6, 6.07) is 16.0. The van der Waals surface area contributed by atoms with Crippen molar-refractivity contribution in [3.8, 4) is 34.5 Å². The summed E-state index contributed by atoms with van der Waals surface area (Å²) in [5.74, 6) is 0.171. The maximum atomic E-state index is 12.4. The molecule has 0 amide bonds. The molecule has 9 heteroatoms. The molecule has 3 aromatic rings. The molecule has 0 heterocycles. The van der Waals surface area contributed by atoms with Crippen LogP contribution in [0.5, 0.6) is 34.5 Å². The maximum Gasteiger partial charge on any atom is 0.330 e.